The van der Waals surface area contributed by atoms with Gasteiger partial charge in [0, 0.05) is 10.7 Å². The molecule has 112 valence electrons. The third-order valence-electron chi connectivity index (χ3n) is 3.35. The Morgan fingerprint density at radius 2 is 1.95 bits per heavy atom. The molecule has 4 nitrogen and oxygen atoms in total. The molecule has 1 N–H and O–H groups in total. The van der Waals surface area contributed by atoms with Crippen LogP contribution in [-0.2, 0) is 11.3 Å². The summed E-state index contributed by atoms with van der Waals surface area (Å²) in [6.07, 6.45) is 0. The van der Waals surface area contributed by atoms with E-state index in [1.54, 1.807) is 24.3 Å². The first-order valence-corrected chi connectivity index (χ1v) is 7.15. The summed E-state index contributed by atoms with van der Waals surface area (Å²) in [4.78, 5) is 14.2. The Bertz CT molecular complexity index is 607. The lowest BCUT2D eigenvalue weighted by atomic mass is 10.2. The van der Waals surface area contributed by atoms with Crippen LogP contribution in [0.15, 0.2) is 40.8 Å². The van der Waals surface area contributed by atoms with Gasteiger partial charge < -0.3 is 9.73 Å². The van der Waals surface area contributed by atoms with E-state index >= 15 is 0 Å². The number of furan rings is 1. The second-order valence-corrected chi connectivity index (χ2v) is 5.54. The first-order valence-electron chi connectivity index (χ1n) is 6.77. The van der Waals surface area contributed by atoms with Crippen LogP contribution >= 0.6 is 11.6 Å². The number of aryl methyl sites for hydroxylation is 1. The SMILES string of the molecule is Cc1ccc(CN(C)[C@@H](C)C(=O)Nc2ccc(Cl)cc2)o1. The van der Waals surface area contributed by atoms with Crippen LogP contribution in [0.4, 0.5) is 5.69 Å². The third-order valence-corrected chi connectivity index (χ3v) is 3.61. The van der Waals surface area contributed by atoms with Gasteiger partial charge in [-0.25, -0.2) is 0 Å². The van der Waals surface area contributed by atoms with Gasteiger partial charge in [-0.3, -0.25) is 9.69 Å². The topological polar surface area (TPSA) is 45.5 Å². The molecule has 0 unspecified atom stereocenters. The molecule has 0 aliphatic rings. The van der Waals surface area contributed by atoms with E-state index < -0.39 is 0 Å². The number of carbonyl (C=O) groups is 1. The maximum absolute atomic E-state index is 12.2. The Hall–Kier alpha value is -1.78. The maximum Gasteiger partial charge on any atom is 0.241 e. The van der Waals surface area contributed by atoms with Gasteiger partial charge in [-0.15, -0.1) is 0 Å². The van der Waals surface area contributed by atoms with E-state index in [9.17, 15) is 4.79 Å². The summed E-state index contributed by atoms with van der Waals surface area (Å²) in [7, 11) is 1.89. The van der Waals surface area contributed by atoms with Crippen molar-refractivity contribution in [3.63, 3.8) is 0 Å². The Morgan fingerprint density at radius 3 is 2.52 bits per heavy atom. The number of carbonyl (C=O) groups excluding carboxylic acids is 1. The van der Waals surface area contributed by atoms with E-state index in [0.717, 1.165) is 17.2 Å². The molecule has 0 aliphatic carbocycles. The van der Waals surface area contributed by atoms with Gasteiger partial charge in [0.2, 0.25) is 5.91 Å². The molecule has 2 aromatic rings. The smallest absolute Gasteiger partial charge is 0.241 e. The molecule has 1 heterocycles. The van der Waals surface area contributed by atoms with Gasteiger partial charge in [0.05, 0.1) is 12.6 Å². The van der Waals surface area contributed by atoms with Crippen LogP contribution in [0.5, 0.6) is 0 Å². The quantitative estimate of drug-likeness (QED) is 0.916. The van der Waals surface area contributed by atoms with Crippen molar-refractivity contribution in [2.45, 2.75) is 26.4 Å². The molecule has 0 aliphatic heterocycles. The molecule has 1 aromatic heterocycles. The summed E-state index contributed by atoms with van der Waals surface area (Å²) in [5, 5.41) is 3.52. The van der Waals surface area contributed by atoms with Crippen molar-refractivity contribution in [2.75, 3.05) is 12.4 Å². The van der Waals surface area contributed by atoms with Crippen LogP contribution in [-0.4, -0.2) is 23.9 Å². The molecule has 0 saturated carbocycles. The lowest BCUT2D eigenvalue weighted by Gasteiger charge is -2.22. The molecule has 21 heavy (non-hydrogen) atoms. The lowest BCUT2D eigenvalue weighted by molar-refractivity contribution is -0.120. The maximum atomic E-state index is 12.2. The molecule has 0 saturated heterocycles. The number of likely N-dealkylation sites (N-methyl/N-ethyl adjacent to an activating group) is 1. The normalized spacial score (nSPS) is 12.4. The van der Waals surface area contributed by atoms with Crippen molar-refractivity contribution in [3.8, 4) is 0 Å². The highest BCUT2D eigenvalue weighted by Crippen LogP contribution is 2.15. The predicted molar refractivity (Wildman–Crippen MR) is 84.5 cm³/mol. The van der Waals surface area contributed by atoms with Crippen molar-refractivity contribution in [1.29, 1.82) is 0 Å². The molecule has 5 heteroatoms. The summed E-state index contributed by atoms with van der Waals surface area (Å²) in [5.74, 6) is 1.65. The number of hydrogen-bond acceptors (Lipinski definition) is 3. The van der Waals surface area contributed by atoms with Crippen molar-refractivity contribution >= 4 is 23.2 Å². The van der Waals surface area contributed by atoms with E-state index in [-0.39, 0.29) is 11.9 Å². The van der Waals surface area contributed by atoms with E-state index in [2.05, 4.69) is 5.32 Å². The van der Waals surface area contributed by atoms with Gasteiger partial charge in [0.15, 0.2) is 0 Å². The van der Waals surface area contributed by atoms with E-state index in [0.29, 0.717) is 11.6 Å². The van der Waals surface area contributed by atoms with Crippen molar-refractivity contribution < 1.29 is 9.21 Å². The number of amides is 1. The van der Waals surface area contributed by atoms with Crippen molar-refractivity contribution in [2.24, 2.45) is 0 Å². The van der Waals surface area contributed by atoms with Crippen LogP contribution in [0.1, 0.15) is 18.4 Å². The molecule has 0 spiro atoms. The summed E-state index contributed by atoms with van der Waals surface area (Å²) in [5.41, 5.74) is 0.735. The lowest BCUT2D eigenvalue weighted by Crippen LogP contribution is -2.39. The van der Waals surface area contributed by atoms with Crippen LogP contribution in [0.25, 0.3) is 0 Å². The number of nitrogens with one attached hydrogen (secondary N) is 1. The summed E-state index contributed by atoms with van der Waals surface area (Å²) in [6.45, 7) is 4.35. The molecule has 1 atom stereocenters. The predicted octanol–water partition coefficient (Wildman–Crippen LogP) is 3.70. The number of halogens is 1. The summed E-state index contributed by atoms with van der Waals surface area (Å²) < 4.78 is 5.53. The molecular weight excluding hydrogens is 288 g/mol. The molecule has 0 radical (unpaired) electrons. The summed E-state index contributed by atoms with van der Waals surface area (Å²) in [6, 6.07) is 10.6. The van der Waals surface area contributed by atoms with Crippen LogP contribution in [0.2, 0.25) is 5.02 Å². The third kappa shape index (κ3) is 4.34. The summed E-state index contributed by atoms with van der Waals surface area (Å²) >= 11 is 5.82. The average molecular weight is 307 g/mol. The van der Waals surface area contributed by atoms with Crippen molar-refractivity contribution in [3.05, 3.63) is 52.9 Å². The monoisotopic (exact) mass is 306 g/mol. The minimum absolute atomic E-state index is 0.0666. The van der Waals surface area contributed by atoms with Gasteiger partial charge in [-0.05, 0) is 57.3 Å². The highest BCUT2D eigenvalue weighted by atomic mass is 35.5. The first kappa shape index (κ1) is 15.6. The number of benzene rings is 1. The van der Waals surface area contributed by atoms with E-state index in [1.165, 1.54) is 0 Å². The van der Waals surface area contributed by atoms with Crippen LogP contribution in [0, 0.1) is 6.92 Å². The largest absolute Gasteiger partial charge is 0.465 e. The van der Waals surface area contributed by atoms with Crippen LogP contribution in [0.3, 0.4) is 0 Å². The minimum atomic E-state index is -0.272. The zero-order chi connectivity index (χ0) is 15.4. The first-order chi connectivity index (χ1) is 9.95. The van der Waals surface area contributed by atoms with Crippen LogP contribution < -0.4 is 5.32 Å². The molecule has 0 bridgehead atoms. The van der Waals surface area contributed by atoms with Gasteiger partial charge in [-0.2, -0.15) is 0 Å². The van der Waals surface area contributed by atoms with Gasteiger partial charge in [-0.1, -0.05) is 11.6 Å². The highest BCUT2D eigenvalue weighted by molar-refractivity contribution is 6.30. The molecule has 1 aromatic carbocycles. The fraction of sp³-hybridized carbons (Fsp3) is 0.312. The Balaban J connectivity index is 1.93. The van der Waals surface area contributed by atoms with Crippen molar-refractivity contribution in [1.82, 2.24) is 4.90 Å². The van der Waals surface area contributed by atoms with Gasteiger partial charge >= 0.3 is 0 Å². The Morgan fingerprint density at radius 1 is 1.29 bits per heavy atom. The number of rotatable bonds is 5. The number of hydrogen-bond donors (Lipinski definition) is 1. The molecule has 0 fully saturated rings. The number of anilines is 1. The van der Waals surface area contributed by atoms with Gasteiger partial charge in [0.25, 0.3) is 0 Å². The van der Waals surface area contributed by atoms with E-state index in [1.807, 2.05) is 37.9 Å². The second-order valence-electron chi connectivity index (χ2n) is 5.10. The fourth-order valence-electron chi connectivity index (χ4n) is 1.93. The van der Waals surface area contributed by atoms with E-state index in [4.69, 9.17) is 16.0 Å². The van der Waals surface area contributed by atoms with Gasteiger partial charge in [0.1, 0.15) is 11.5 Å². The second kappa shape index (κ2) is 6.78. The molecule has 1 amide bonds. The Labute approximate surface area is 129 Å². The minimum Gasteiger partial charge on any atom is -0.465 e. The standard InChI is InChI=1S/C16H19ClN2O2/c1-11-4-9-15(21-11)10-19(3)12(2)16(20)18-14-7-5-13(17)6-8-14/h4-9,12H,10H2,1-3H3,(H,18,20)/t12-/m0/s1. The zero-order valence-corrected chi connectivity index (χ0v) is 13.1. The molecule has 2 rings (SSSR count). The zero-order valence-electron chi connectivity index (χ0n) is 12.4. The Kier molecular flexibility index (Phi) is 5.04. The average Bonchev–Trinajstić information content (AvgIpc) is 2.85. The number of nitrogens with zero attached hydrogens (tertiary/aromatic N) is 1. The molecular formula is C16H19ClN2O2. The fourth-order valence-corrected chi connectivity index (χ4v) is 2.06. The highest BCUT2D eigenvalue weighted by Gasteiger charge is 2.19.